The molecule has 3 aromatic carbocycles. The van der Waals surface area contributed by atoms with E-state index < -0.39 is 4.92 Å². The Morgan fingerprint density at radius 1 is 0.857 bits per heavy atom. The zero-order valence-electron chi connectivity index (χ0n) is 14.7. The van der Waals surface area contributed by atoms with Gasteiger partial charge in [0.25, 0.3) is 11.6 Å². The third-order valence-electron chi connectivity index (χ3n) is 4.34. The Labute approximate surface area is 161 Å². The quantitative estimate of drug-likeness (QED) is 0.388. The van der Waals surface area contributed by atoms with E-state index in [9.17, 15) is 14.9 Å². The summed E-state index contributed by atoms with van der Waals surface area (Å²) in [5, 5.41) is 16.7. The summed E-state index contributed by atoms with van der Waals surface area (Å²) >= 11 is 0. The summed E-state index contributed by atoms with van der Waals surface area (Å²) in [4.78, 5) is 23.5. The highest BCUT2D eigenvalue weighted by molar-refractivity contribution is 6.37. The Morgan fingerprint density at radius 2 is 1.46 bits per heavy atom. The first kappa shape index (κ1) is 17.4. The number of carbonyl (C=O) groups is 1. The van der Waals surface area contributed by atoms with Gasteiger partial charge in [0.1, 0.15) is 5.71 Å². The molecule has 1 aliphatic heterocycles. The summed E-state index contributed by atoms with van der Waals surface area (Å²) in [6.07, 6.45) is 1.81. The van der Waals surface area contributed by atoms with Crippen LogP contribution in [0.4, 0.5) is 11.4 Å². The summed E-state index contributed by atoms with van der Waals surface area (Å²) in [5.74, 6) is -0.281. The molecule has 0 fully saturated rings. The van der Waals surface area contributed by atoms with E-state index in [1.54, 1.807) is 6.08 Å². The number of amides is 1. The normalized spacial score (nSPS) is 15.0. The fourth-order valence-corrected chi connectivity index (χ4v) is 2.96. The highest BCUT2D eigenvalue weighted by Gasteiger charge is 2.32. The summed E-state index contributed by atoms with van der Waals surface area (Å²) in [5.41, 5.74) is 3.18. The molecule has 6 nitrogen and oxygen atoms in total. The molecular weight excluding hydrogens is 354 g/mol. The minimum Gasteiger partial charge on any atom is -0.267 e. The van der Waals surface area contributed by atoms with Gasteiger partial charge in [0.05, 0.1) is 16.2 Å². The van der Waals surface area contributed by atoms with Crippen molar-refractivity contribution in [2.45, 2.75) is 0 Å². The highest BCUT2D eigenvalue weighted by Crippen LogP contribution is 2.29. The lowest BCUT2D eigenvalue weighted by atomic mass is 10.0. The topological polar surface area (TPSA) is 75.8 Å². The molecule has 1 amide bonds. The van der Waals surface area contributed by atoms with Gasteiger partial charge in [-0.15, -0.1) is 0 Å². The zero-order valence-corrected chi connectivity index (χ0v) is 14.7. The smallest absolute Gasteiger partial charge is 0.267 e. The molecule has 1 heterocycles. The van der Waals surface area contributed by atoms with Crippen molar-refractivity contribution in [3.8, 4) is 0 Å². The molecule has 6 heteroatoms. The lowest BCUT2D eigenvalue weighted by Gasteiger charge is -2.11. The van der Waals surface area contributed by atoms with Crippen LogP contribution in [0.2, 0.25) is 0 Å². The molecule has 0 aromatic heterocycles. The molecule has 0 aliphatic carbocycles. The van der Waals surface area contributed by atoms with E-state index in [-0.39, 0.29) is 11.6 Å². The molecule has 0 N–H and O–H groups in total. The maximum absolute atomic E-state index is 13.1. The number of nitrogens with zero attached hydrogens (tertiary/aromatic N) is 3. The second-order valence-electron chi connectivity index (χ2n) is 6.17. The largest absolute Gasteiger partial charge is 0.281 e. The van der Waals surface area contributed by atoms with Crippen molar-refractivity contribution in [2.75, 3.05) is 5.01 Å². The Balaban J connectivity index is 1.79. The van der Waals surface area contributed by atoms with Crippen molar-refractivity contribution >= 4 is 29.1 Å². The first-order valence-corrected chi connectivity index (χ1v) is 8.63. The molecule has 0 saturated heterocycles. The second kappa shape index (κ2) is 7.28. The molecule has 0 atom stereocenters. The first-order chi connectivity index (χ1) is 13.6. The number of hydrazone groups is 1. The third kappa shape index (κ3) is 3.31. The molecule has 28 heavy (non-hydrogen) atoms. The number of hydrogen-bond donors (Lipinski definition) is 0. The van der Waals surface area contributed by atoms with Crippen LogP contribution in [-0.4, -0.2) is 16.5 Å². The number of nitro benzene ring substituents is 1. The number of hydrogen-bond acceptors (Lipinski definition) is 4. The fraction of sp³-hybridized carbons (Fsp3) is 0. The summed E-state index contributed by atoms with van der Waals surface area (Å²) in [6.45, 7) is 0. The number of benzene rings is 3. The minimum atomic E-state index is -0.477. The SMILES string of the molecule is O=C1/C(=C/c2ccccc2)C(c2ccccc2)=NN1c1ccc([N+](=O)[O-])cc1. The predicted octanol–water partition coefficient (Wildman–Crippen LogP) is 4.43. The average molecular weight is 369 g/mol. The van der Waals surface area contributed by atoms with Crippen molar-refractivity contribution in [3.63, 3.8) is 0 Å². The third-order valence-corrected chi connectivity index (χ3v) is 4.34. The van der Waals surface area contributed by atoms with Gasteiger partial charge in [0.2, 0.25) is 0 Å². The number of rotatable bonds is 4. The number of non-ortho nitro benzene ring substituents is 1. The van der Waals surface area contributed by atoms with Crippen LogP contribution in [0, 0.1) is 10.1 Å². The standard InChI is InChI=1S/C22H15N3O3/c26-22-20(15-16-7-3-1-4-8-16)21(17-9-5-2-6-10-17)23-24(22)18-11-13-19(14-12-18)25(27)28/h1-15H/b20-15+. The van der Waals surface area contributed by atoms with Gasteiger partial charge in [-0.2, -0.15) is 10.1 Å². The van der Waals surface area contributed by atoms with Crippen molar-refractivity contribution in [2.24, 2.45) is 5.10 Å². The van der Waals surface area contributed by atoms with Crippen LogP contribution in [0.3, 0.4) is 0 Å². The van der Waals surface area contributed by atoms with E-state index >= 15 is 0 Å². The Kier molecular flexibility index (Phi) is 4.51. The van der Waals surface area contributed by atoms with Crippen LogP contribution in [0.15, 0.2) is 95.6 Å². The van der Waals surface area contributed by atoms with Crippen LogP contribution in [0.1, 0.15) is 11.1 Å². The fourth-order valence-electron chi connectivity index (χ4n) is 2.96. The maximum Gasteiger partial charge on any atom is 0.281 e. The highest BCUT2D eigenvalue weighted by atomic mass is 16.6. The van der Waals surface area contributed by atoms with E-state index in [2.05, 4.69) is 5.10 Å². The lowest BCUT2D eigenvalue weighted by molar-refractivity contribution is -0.384. The van der Waals surface area contributed by atoms with Crippen molar-refractivity contribution in [3.05, 3.63) is 112 Å². The van der Waals surface area contributed by atoms with E-state index in [0.29, 0.717) is 17.0 Å². The van der Waals surface area contributed by atoms with Gasteiger partial charge in [-0.05, 0) is 23.8 Å². The monoisotopic (exact) mass is 369 g/mol. The van der Waals surface area contributed by atoms with Gasteiger partial charge in [-0.25, -0.2) is 0 Å². The van der Waals surface area contributed by atoms with Crippen LogP contribution in [0.25, 0.3) is 6.08 Å². The van der Waals surface area contributed by atoms with Crippen LogP contribution < -0.4 is 5.01 Å². The van der Waals surface area contributed by atoms with Gasteiger partial charge >= 0.3 is 0 Å². The van der Waals surface area contributed by atoms with Gasteiger partial charge < -0.3 is 0 Å². The van der Waals surface area contributed by atoms with Crippen LogP contribution in [0.5, 0.6) is 0 Å². The van der Waals surface area contributed by atoms with Gasteiger partial charge in [0.15, 0.2) is 0 Å². The van der Waals surface area contributed by atoms with E-state index in [1.165, 1.54) is 29.3 Å². The molecule has 0 saturated carbocycles. The van der Waals surface area contributed by atoms with Crippen LogP contribution in [-0.2, 0) is 4.79 Å². The van der Waals surface area contributed by atoms with Crippen molar-refractivity contribution in [1.29, 1.82) is 0 Å². The van der Waals surface area contributed by atoms with Gasteiger partial charge in [0, 0.05) is 17.7 Å². The second-order valence-corrected chi connectivity index (χ2v) is 6.17. The van der Waals surface area contributed by atoms with Crippen LogP contribution >= 0.6 is 0 Å². The summed E-state index contributed by atoms with van der Waals surface area (Å²) in [6, 6.07) is 24.8. The molecule has 1 aliphatic rings. The van der Waals surface area contributed by atoms with E-state index in [1.807, 2.05) is 60.7 Å². The maximum atomic E-state index is 13.1. The molecular formula is C22H15N3O3. The first-order valence-electron chi connectivity index (χ1n) is 8.63. The summed E-state index contributed by atoms with van der Waals surface area (Å²) < 4.78 is 0. The van der Waals surface area contributed by atoms with Crippen molar-refractivity contribution < 1.29 is 9.72 Å². The van der Waals surface area contributed by atoms with E-state index in [0.717, 1.165) is 11.1 Å². The number of anilines is 1. The molecule has 4 rings (SSSR count). The van der Waals surface area contributed by atoms with Gasteiger partial charge in [-0.1, -0.05) is 60.7 Å². The Hall–Kier alpha value is -4.06. The number of nitro groups is 1. The zero-order chi connectivity index (χ0) is 19.5. The molecule has 3 aromatic rings. The molecule has 0 spiro atoms. The molecule has 0 bridgehead atoms. The van der Waals surface area contributed by atoms with E-state index in [4.69, 9.17) is 0 Å². The average Bonchev–Trinajstić information content (AvgIpc) is 3.06. The lowest BCUT2D eigenvalue weighted by Crippen LogP contribution is -2.21. The molecule has 136 valence electrons. The van der Waals surface area contributed by atoms with Gasteiger partial charge in [-0.3, -0.25) is 14.9 Å². The number of carbonyl (C=O) groups excluding carboxylic acids is 1. The Morgan fingerprint density at radius 3 is 2.07 bits per heavy atom. The molecule has 0 radical (unpaired) electrons. The minimum absolute atomic E-state index is 0.0392. The summed E-state index contributed by atoms with van der Waals surface area (Å²) in [7, 11) is 0. The Bertz CT molecular complexity index is 1090. The van der Waals surface area contributed by atoms with Crippen molar-refractivity contribution in [1.82, 2.24) is 0 Å². The molecule has 0 unspecified atom stereocenters. The predicted molar refractivity (Wildman–Crippen MR) is 108 cm³/mol.